The first kappa shape index (κ1) is 14.1. The molecule has 0 aliphatic heterocycles. The van der Waals surface area contributed by atoms with Gasteiger partial charge in [0, 0.05) is 11.2 Å². The van der Waals surface area contributed by atoms with Crippen molar-refractivity contribution in [1.29, 1.82) is 0 Å². The number of hydrogen-bond donors (Lipinski definition) is 2. The molecule has 0 saturated carbocycles. The summed E-state index contributed by atoms with van der Waals surface area (Å²) < 4.78 is 0. The number of urea groups is 1. The van der Waals surface area contributed by atoms with Gasteiger partial charge in [0.15, 0.2) is 0 Å². The zero-order valence-electron chi connectivity index (χ0n) is 12.1. The van der Waals surface area contributed by atoms with E-state index in [1.807, 2.05) is 63.2 Å². The average Bonchev–Trinajstić information content (AvgIpc) is 2.38. The van der Waals surface area contributed by atoms with E-state index in [1.165, 1.54) is 0 Å². The summed E-state index contributed by atoms with van der Waals surface area (Å²) in [7, 11) is 0. The number of nitrogens with one attached hydrogen (secondary N) is 2. The summed E-state index contributed by atoms with van der Waals surface area (Å²) in [6.07, 6.45) is 0. The Labute approximate surface area is 120 Å². The van der Waals surface area contributed by atoms with Crippen molar-refractivity contribution in [2.24, 2.45) is 0 Å². The van der Waals surface area contributed by atoms with E-state index in [4.69, 9.17) is 0 Å². The largest absolute Gasteiger partial charge is 0.333 e. The number of anilines is 1. The lowest BCUT2D eigenvalue weighted by Gasteiger charge is -2.20. The molecule has 3 heteroatoms. The molecule has 20 heavy (non-hydrogen) atoms. The van der Waals surface area contributed by atoms with Gasteiger partial charge in [-0.2, -0.15) is 0 Å². The first-order valence-electron chi connectivity index (χ1n) is 6.69. The van der Waals surface area contributed by atoms with Crippen molar-refractivity contribution in [3.8, 4) is 11.1 Å². The van der Waals surface area contributed by atoms with Gasteiger partial charge < -0.3 is 10.6 Å². The molecule has 2 aromatic rings. The predicted octanol–water partition coefficient (Wildman–Crippen LogP) is 4.27. The molecule has 0 aromatic heterocycles. The van der Waals surface area contributed by atoms with Crippen LogP contribution < -0.4 is 10.6 Å². The van der Waals surface area contributed by atoms with Crippen LogP contribution in [-0.4, -0.2) is 11.6 Å². The molecule has 0 aliphatic rings. The third kappa shape index (κ3) is 4.12. The van der Waals surface area contributed by atoms with Crippen LogP contribution in [0.5, 0.6) is 0 Å². The van der Waals surface area contributed by atoms with E-state index in [9.17, 15) is 4.79 Å². The van der Waals surface area contributed by atoms with E-state index < -0.39 is 0 Å². The Morgan fingerprint density at radius 1 is 0.850 bits per heavy atom. The van der Waals surface area contributed by atoms with Gasteiger partial charge in [-0.05, 0) is 44.0 Å². The highest BCUT2D eigenvalue weighted by Gasteiger charge is 2.13. The molecule has 104 valence electrons. The number of carbonyl (C=O) groups excluding carboxylic acids is 1. The second kappa shape index (κ2) is 5.78. The summed E-state index contributed by atoms with van der Waals surface area (Å²) in [6, 6.07) is 17.8. The minimum Gasteiger partial charge on any atom is -0.333 e. The van der Waals surface area contributed by atoms with Gasteiger partial charge in [0.2, 0.25) is 0 Å². The van der Waals surface area contributed by atoms with Crippen molar-refractivity contribution < 1.29 is 4.79 Å². The van der Waals surface area contributed by atoms with Crippen molar-refractivity contribution >= 4 is 11.7 Å². The third-order valence-corrected chi connectivity index (χ3v) is 2.74. The normalized spacial score (nSPS) is 10.9. The Morgan fingerprint density at radius 3 is 1.95 bits per heavy atom. The zero-order chi connectivity index (χ0) is 14.6. The van der Waals surface area contributed by atoms with E-state index in [0.29, 0.717) is 0 Å². The molecule has 0 unspecified atom stereocenters. The van der Waals surface area contributed by atoms with Crippen LogP contribution in [-0.2, 0) is 0 Å². The summed E-state index contributed by atoms with van der Waals surface area (Å²) in [5, 5.41) is 5.69. The fourth-order valence-electron chi connectivity index (χ4n) is 1.88. The first-order chi connectivity index (χ1) is 9.44. The van der Waals surface area contributed by atoms with Crippen LogP contribution in [0.4, 0.5) is 10.5 Å². The minimum absolute atomic E-state index is 0.190. The van der Waals surface area contributed by atoms with Crippen LogP contribution in [0.2, 0.25) is 0 Å². The maximum atomic E-state index is 11.8. The van der Waals surface area contributed by atoms with Gasteiger partial charge in [-0.3, -0.25) is 0 Å². The molecular formula is C17H20N2O. The van der Waals surface area contributed by atoms with Crippen LogP contribution >= 0.6 is 0 Å². The summed E-state index contributed by atoms with van der Waals surface area (Å²) in [5.41, 5.74) is 2.84. The quantitative estimate of drug-likeness (QED) is 0.839. The van der Waals surface area contributed by atoms with Crippen LogP contribution in [0.15, 0.2) is 54.6 Å². The maximum Gasteiger partial charge on any atom is 0.319 e. The molecule has 0 heterocycles. The molecule has 0 radical (unpaired) electrons. The van der Waals surface area contributed by atoms with Crippen LogP contribution in [0.25, 0.3) is 11.1 Å². The van der Waals surface area contributed by atoms with E-state index in [2.05, 4.69) is 22.8 Å². The fourth-order valence-corrected chi connectivity index (χ4v) is 1.88. The standard InChI is InChI=1S/C17H20N2O/c1-17(2,3)19-16(20)18-15-11-9-14(10-12-15)13-7-5-4-6-8-13/h4-12H,1-3H3,(H2,18,19,20). The molecule has 2 N–H and O–H groups in total. The van der Waals surface area contributed by atoms with Crippen molar-refractivity contribution in [3.63, 3.8) is 0 Å². The number of benzene rings is 2. The van der Waals surface area contributed by atoms with Gasteiger partial charge in [0.1, 0.15) is 0 Å². The smallest absolute Gasteiger partial charge is 0.319 e. The van der Waals surface area contributed by atoms with E-state index in [-0.39, 0.29) is 11.6 Å². The highest BCUT2D eigenvalue weighted by atomic mass is 16.2. The van der Waals surface area contributed by atoms with E-state index in [0.717, 1.165) is 16.8 Å². The lowest BCUT2D eigenvalue weighted by Crippen LogP contribution is -2.43. The van der Waals surface area contributed by atoms with Crippen molar-refractivity contribution in [2.45, 2.75) is 26.3 Å². The van der Waals surface area contributed by atoms with Crippen molar-refractivity contribution in [3.05, 3.63) is 54.6 Å². The summed E-state index contributed by atoms with van der Waals surface area (Å²) in [5.74, 6) is 0. The third-order valence-electron chi connectivity index (χ3n) is 2.74. The van der Waals surface area contributed by atoms with Gasteiger partial charge in [0.05, 0.1) is 0 Å². The Balaban J connectivity index is 2.04. The molecule has 0 spiro atoms. The molecule has 2 rings (SSSR count). The lowest BCUT2D eigenvalue weighted by molar-refractivity contribution is 0.244. The summed E-state index contributed by atoms with van der Waals surface area (Å²) in [4.78, 5) is 11.8. The molecule has 0 saturated heterocycles. The lowest BCUT2D eigenvalue weighted by atomic mass is 10.1. The van der Waals surface area contributed by atoms with Gasteiger partial charge in [-0.1, -0.05) is 42.5 Å². The SMILES string of the molecule is CC(C)(C)NC(=O)Nc1ccc(-c2ccccc2)cc1. The van der Waals surface area contributed by atoms with Gasteiger partial charge in [0.25, 0.3) is 0 Å². The van der Waals surface area contributed by atoms with Crippen LogP contribution in [0.3, 0.4) is 0 Å². The topological polar surface area (TPSA) is 41.1 Å². The zero-order valence-corrected chi connectivity index (χ0v) is 12.1. The Morgan fingerprint density at radius 2 is 1.40 bits per heavy atom. The van der Waals surface area contributed by atoms with E-state index in [1.54, 1.807) is 0 Å². The van der Waals surface area contributed by atoms with Crippen molar-refractivity contribution in [2.75, 3.05) is 5.32 Å². The molecule has 0 atom stereocenters. The Bertz CT molecular complexity index is 568. The first-order valence-corrected chi connectivity index (χ1v) is 6.69. The monoisotopic (exact) mass is 268 g/mol. The van der Waals surface area contributed by atoms with Crippen LogP contribution in [0.1, 0.15) is 20.8 Å². The minimum atomic E-state index is -0.242. The average molecular weight is 268 g/mol. The number of hydrogen-bond acceptors (Lipinski definition) is 1. The molecule has 0 aliphatic carbocycles. The number of amides is 2. The number of rotatable bonds is 2. The molecule has 0 bridgehead atoms. The highest BCUT2D eigenvalue weighted by molar-refractivity contribution is 5.90. The Kier molecular flexibility index (Phi) is 4.08. The van der Waals surface area contributed by atoms with Gasteiger partial charge in [-0.25, -0.2) is 4.79 Å². The van der Waals surface area contributed by atoms with Crippen molar-refractivity contribution in [1.82, 2.24) is 5.32 Å². The molecular weight excluding hydrogens is 248 g/mol. The van der Waals surface area contributed by atoms with Gasteiger partial charge >= 0.3 is 6.03 Å². The molecule has 2 aromatic carbocycles. The maximum absolute atomic E-state index is 11.8. The second-order valence-electron chi connectivity index (χ2n) is 5.77. The summed E-state index contributed by atoms with van der Waals surface area (Å²) in [6.45, 7) is 5.85. The molecule has 0 fully saturated rings. The highest BCUT2D eigenvalue weighted by Crippen LogP contribution is 2.20. The van der Waals surface area contributed by atoms with E-state index >= 15 is 0 Å². The number of carbonyl (C=O) groups is 1. The molecule has 3 nitrogen and oxygen atoms in total. The summed E-state index contributed by atoms with van der Waals surface area (Å²) >= 11 is 0. The Hall–Kier alpha value is -2.29. The van der Waals surface area contributed by atoms with Crippen LogP contribution in [0, 0.1) is 0 Å². The second-order valence-corrected chi connectivity index (χ2v) is 5.77. The van der Waals surface area contributed by atoms with Gasteiger partial charge in [-0.15, -0.1) is 0 Å². The fraction of sp³-hybridized carbons (Fsp3) is 0.235. The predicted molar refractivity (Wildman–Crippen MR) is 83.8 cm³/mol. The molecule has 2 amide bonds.